The zero-order valence-electron chi connectivity index (χ0n) is 29.6. The Kier molecular flexibility index (Phi) is 6.88. The van der Waals surface area contributed by atoms with Gasteiger partial charge in [0.1, 0.15) is 28.6 Å². The monoisotopic (exact) mass is 636 g/mol. The van der Waals surface area contributed by atoms with Gasteiger partial charge in [-0.25, -0.2) is 18.2 Å². The van der Waals surface area contributed by atoms with Crippen LogP contribution >= 0.6 is 0 Å². The number of anilines is 2. The van der Waals surface area contributed by atoms with Crippen LogP contribution in [0.5, 0.6) is 11.5 Å². The number of piperidine rings is 2. The van der Waals surface area contributed by atoms with E-state index in [1.165, 1.54) is 17.2 Å². The molecular weight excluding hydrogens is 596 g/mol. The van der Waals surface area contributed by atoms with E-state index >= 15 is 17.6 Å². The van der Waals surface area contributed by atoms with E-state index in [-0.39, 0.29) is 41.3 Å². The molecule has 4 heterocycles. The largest absolute Gasteiger partial charge is 0.457 e. The number of nitrogens with zero attached hydrogens (tertiary/aromatic N) is 5. The standard InChI is InChI=1S/C33H35F6N5O/c1-2-42-15-12-31(13-16-42)11-6-14-43(20-31)30-23(9-10-27(29(30)33(37,38)39)45-24-7-4-3-5-8-24)17-25(34)26-18-40-19-28(41-26)44-21-32(35,36)22-44/h3-5,7-10,17-19H,2,6,11-16,20-22H2,1H3/b25-17-/i3D,4D,5D,7D,8D. The summed E-state index contributed by atoms with van der Waals surface area (Å²) < 4.78 is 135. The Morgan fingerprint density at radius 1 is 1.00 bits per heavy atom. The molecular formula is C33H35F6N5O. The summed E-state index contributed by atoms with van der Waals surface area (Å²) in [7, 11) is 0. The summed E-state index contributed by atoms with van der Waals surface area (Å²) in [5.41, 5.74) is -2.51. The molecule has 3 aromatic rings. The van der Waals surface area contributed by atoms with Crippen LogP contribution in [-0.2, 0) is 6.18 Å². The second-order valence-electron chi connectivity index (χ2n) is 11.9. The molecule has 3 fully saturated rings. The molecule has 12 heteroatoms. The molecule has 3 aliphatic rings. The van der Waals surface area contributed by atoms with Gasteiger partial charge in [-0.05, 0) is 81.0 Å². The number of likely N-dealkylation sites (tertiary alicyclic amines) is 1. The van der Waals surface area contributed by atoms with E-state index in [2.05, 4.69) is 14.9 Å². The van der Waals surface area contributed by atoms with Gasteiger partial charge in [0.25, 0.3) is 5.92 Å². The minimum absolute atomic E-state index is 0.00746. The van der Waals surface area contributed by atoms with Gasteiger partial charge in [0.15, 0.2) is 5.83 Å². The van der Waals surface area contributed by atoms with Crippen LogP contribution in [0.15, 0.2) is 54.7 Å². The molecule has 2 aromatic carbocycles. The van der Waals surface area contributed by atoms with Gasteiger partial charge in [-0.2, -0.15) is 13.2 Å². The first kappa shape index (κ1) is 25.4. The van der Waals surface area contributed by atoms with Crippen molar-refractivity contribution in [3.05, 3.63) is 71.6 Å². The molecule has 3 saturated heterocycles. The fourth-order valence-electron chi connectivity index (χ4n) is 6.46. The number of halogens is 6. The topological polar surface area (TPSA) is 44.7 Å². The van der Waals surface area contributed by atoms with Gasteiger partial charge in [0.05, 0.1) is 38.0 Å². The third-order valence-electron chi connectivity index (χ3n) is 8.80. The van der Waals surface area contributed by atoms with E-state index in [4.69, 9.17) is 11.6 Å². The van der Waals surface area contributed by atoms with Gasteiger partial charge in [0, 0.05) is 18.7 Å². The van der Waals surface area contributed by atoms with Crippen molar-refractivity contribution in [2.45, 2.75) is 44.7 Å². The summed E-state index contributed by atoms with van der Waals surface area (Å²) in [5.74, 6) is -5.58. The number of hydrogen-bond acceptors (Lipinski definition) is 6. The molecule has 3 aliphatic heterocycles. The molecule has 0 aliphatic carbocycles. The lowest BCUT2D eigenvalue weighted by atomic mass is 9.72. The number of rotatable bonds is 7. The molecule has 0 atom stereocenters. The third-order valence-corrected chi connectivity index (χ3v) is 8.80. The van der Waals surface area contributed by atoms with Gasteiger partial charge in [-0.3, -0.25) is 4.98 Å². The van der Waals surface area contributed by atoms with Crippen LogP contribution in [0.25, 0.3) is 11.9 Å². The van der Waals surface area contributed by atoms with Crippen molar-refractivity contribution in [2.75, 3.05) is 55.6 Å². The van der Waals surface area contributed by atoms with Crippen molar-refractivity contribution in [1.82, 2.24) is 14.9 Å². The molecule has 6 nitrogen and oxygen atoms in total. The highest BCUT2D eigenvalue weighted by Gasteiger charge is 2.45. The zero-order valence-corrected chi connectivity index (χ0v) is 24.6. The molecule has 0 saturated carbocycles. The quantitative estimate of drug-likeness (QED) is 0.246. The molecule has 6 rings (SSSR count). The molecule has 0 N–H and O–H groups in total. The first-order valence-electron chi connectivity index (χ1n) is 17.3. The average Bonchev–Trinajstić information content (AvgIpc) is 3.07. The Morgan fingerprint density at radius 2 is 1.73 bits per heavy atom. The van der Waals surface area contributed by atoms with Crippen LogP contribution in [-0.4, -0.2) is 66.6 Å². The van der Waals surface area contributed by atoms with Crippen molar-refractivity contribution in [1.29, 1.82) is 0 Å². The Morgan fingerprint density at radius 3 is 2.40 bits per heavy atom. The maximum absolute atomic E-state index is 16.0. The van der Waals surface area contributed by atoms with Crippen LogP contribution in [0.2, 0.25) is 0 Å². The summed E-state index contributed by atoms with van der Waals surface area (Å²) >= 11 is 0. The minimum Gasteiger partial charge on any atom is -0.457 e. The van der Waals surface area contributed by atoms with Crippen LogP contribution in [0.4, 0.5) is 37.8 Å². The molecule has 1 aromatic heterocycles. The number of alkyl halides is 5. The Bertz CT molecular complexity index is 1780. The normalized spacial score (nSPS) is 21.8. The van der Waals surface area contributed by atoms with Crippen LogP contribution in [0, 0.1) is 5.41 Å². The molecule has 0 radical (unpaired) electrons. The lowest BCUT2D eigenvalue weighted by molar-refractivity contribution is -0.138. The van der Waals surface area contributed by atoms with Crippen LogP contribution in [0.3, 0.4) is 0 Å². The summed E-state index contributed by atoms with van der Waals surface area (Å²) in [4.78, 5) is 13.1. The maximum Gasteiger partial charge on any atom is 0.422 e. The van der Waals surface area contributed by atoms with Crippen molar-refractivity contribution in [3.8, 4) is 11.5 Å². The van der Waals surface area contributed by atoms with E-state index in [0.717, 1.165) is 57.2 Å². The molecule has 240 valence electrons. The summed E-state index contributed by atoms with van der Waals surface area (Å²) in [6.07, 6.45) is 0.917. The fraction of sp³-hybridized carbons (Fsp3) is 0.455. The van der Waals surface area contributed by atoms with Gasteiger partial charge in [-0.15, -0.1) is 0 Å². The summed E-state index contributed by atoms with van der Waals surface area (Å²) in [5, 5.41) is 0. The molecule has 0 amide bonds. The predicted molar refractivity (Wildman–Crippen MR) is 161 cm³/mol. The fourth-order valence-corrected chi connectivity index (χ4v) is 6.46. The molecule has 0 bridgehead atoms. The van der Waals surface area contributed by atoms with E-state index in [1.54, 1.807) is 4.90 Å². The summed E-state index contributed by atoms with van der Waals surface area (Å²) in [6.45, 7) is 3.67. The number of para-hydroxylation sites is 1. The van der Waals surface area contributed by atoms with Gasteiger partial charge < -0.3 is 19.4 Å². The van der Waals surface area contributed by atoms with E-state index < -0.39 is 78.3 Å². The van der Waals surface area contributed by atoms with Gasteiger partial charge in [0.2, 0.25) is 0 Å². The first-order valence-corrected chi connectivity index (χ1v) is 14.8. The highest BCUT2D eigenvalue weighted by Crippen LogP contribution is 2.49. The van der Waals surface area contributed by atoms with E-state index in [0.29, 0.717) is 6.42 Å². The summed E-state index contributed by atoms with van der Waals surface area (Å²) in [6, 6.07) is -1.80. The van der Waals surface area contributed by atoms with Gasteiger partial charge in [-0.1, -0.05) is 25.1 Å². The lowest BCUT2D eigenvalue weighted by Gasteiger charge is -2.49. The lowest BCUT2D eigenvalue weighted by Crippen LogP contribution is -2.56. The predicted octanol–water partition coefficient (Wildman–Crippen LogP) is 7.91. The number of hydrogen-bond donors (Lipinski definition) is 0. The maximum atomic E-state index is 16.0. The zero-order chi connectivity index (χ0) is 36.2. The second kappa shape index (κ2) is 12.2. The van der Waals surface area contributed by atoms with Crippen molar-refractivity contribution in [2.24, 2.45) is 5.41 Å². The van der Waals surface area contributed by atoms with Crippen molar-refractivity contribution >= 4 is 23.4 Å². The van der Waals surface area contributed by atoms with Crippen LogP contribution in [0.1, 0.15) is 56.3 Å². The molecule has 1 spiro atoms. The molecule has 45 heavy (non-hydrogen) atoms. The van der Waals surface area contributed by atoms with Crippen molar-refractivity contribution < 1.29 is 37.9 Å². The third kappa shape index (κ3) is 6.75. The average molecular weight is 637 g/mol. The minimum atomic E-state index is -5.10. The highest BCUT2D eigenvalue weighted by molar-refractivity contribution is 5.84. The smallest absolute Gasteiger partial charge is 0.422 e. The van der Waals surface area contributed by atoms with E-state index in [1.807, 2.05) is 6.92 Å². The number of ether oxygens (including phenoxy) is 1. The number of aromatic nitrogens is 2. The van der Waals surface area contributed by atoms with Crippen LogP contribution < -0.4 is 14.5 Å². The Balaban J connectivity index is 1.48. The highest BCUT2D eigenvalue weighted by atomic mass is 19.4. The number of benzene rings is 2. The first-order chi connectivity index (χ1) is 23.5. The second-order valence-corrected chi connectivity index (χ2v) is 11.9. The molecule has 0 unspecified atom stereocenters. The Labute approximate surface area is 265 Å². The SMILES string of the molecule is [2H]c1c([2H])c([2H])c(Oc2ccc(/C=C(\F)c3cncc(N4CC(F)(F)C4)n3)c(N3CCCC4(CCN(CC)CC4)C3)c2C(F)(F)F)c([2H])c1[2H]. The Hall–Kier alpha value is -3.80. The van der Waals surface area contributed by atoms with Gasteiger partial charge >= 0.3 is 6.18 Å². The van der Waals surface area contributed by atoms with E-state index in [9.17, 15) is 8.78 Å². The van der Waals surface area contributed by atoms with Crippen molar-refractivity contribution in [3.63, 3.8) is 0 Å².